The molecule has 1 N–H and O–H groups in total. The van der Waals surface area contributed by atoms with E-state index in [0.29, 0.717) is 30.1 Å². The van der Waals surface area contributed by atoms with Crippen molar-refractivity contribution in [3.8, 4) is 17.1 Å². The standard InChI is InChI=1S/C21H20N4O4/c1-3-25-16-9-8-15(10-17(16)28-12-18(25)26)19-23-21(29-24-19)20(27)22-11-14-6-4-13(2)5-7-14/h4-10H,3,11-12H2,1-2H3,(H,22,27). The summed E-state index contributed by atoms with van der Waals surface area (Å²) in [4.78, 5) is 30.1. The molecule has 0 unspecified atom stereocenters. The van der Waals surface area contributed by atoms with E-state index in [1.54, 1.807) is 23.1 Å². The van der Waals surface area contributed by atoms with Crippen molar-refractivity contribution in [1.29, 1.82) is 0 Å². The average molecular weight is 392 g/mol. The zero-order valence-corrected chi connectivity index (χ0v) is 16.1. The molecule has 1 aromatic heterocycles. The Hall–Kier alpha value is -3.68. The molecule has 0 atom stereocenters. The van der Waals surface area contributed by atoms with E-state index in [2.05, 4.69) is 15.5 Å². The van der Waals surface area contributed by atoms with Crippen LogP contribution in [0, 0.1) is 6.92 Å². The second kappa shape index (κ2) is 7.75. The van der Waals surface area contributed by atoms with Crippen LogP contribution in [-0.2, 0) is 11.3 Å². The number of hydrogen-bond acceptors (Lipinski definition) is 6. The van der Waals surface area contributed by atoms with Crippen molar-refractivity contribution in [3.05, 3.63) is 59.5 Å². The van der Waals surface area contributed by atoms with Gasteiger partial charge in [0.25, 0.3) is 5.91 Å². The Kier molecular flexibility index (Phi) is 4.99. The maximum atomic E-state index is 12.3. The van der Waals surface area contributed by atoms with Crippen molar-refractivity contribution < 1.29 is 18.8 Å². The van der Waals surface area contributed by atoms with E-state index in [1.165, 1.54) is 0 Å². The number of likely N-dealkylation sites (N-methyl/N-ethyl adjacent to an activating group) is 1. The van der Waals surface area contributed by atoms with E-state index in [9.17, 15) is 9.59 Å². The SMILES string of the molecule is CCN1C(=O)COc2cc(-c3noc(C(=O)NCc4ccc(C)cc4)n3)ccc21. The molecule has 0 aliphatic carbocycles. The lowest BCUT2D eigenvalue weighted by molar-refractivity contribution is -0.121. The molecule has 3 aromatic rings. The fraction of sp³-hybridized carbons (Fsp3) is 0.238. The number of amides is 2. The molecule has 0 bridgehead atoms. The Morgan fingerprint density at radius 3 is 2.76 bits per heavy atom. The van der Waals surface area contributed by atoms with Crippen LogP contribution in [0.4, 0.5) is 5.69 Å². The van der Waals surface area contributed by atoms with Gasteiger partial charge in [-0.3, -0.25) is 9.59 Å². The Morgan fingerprint density at radius 2 is 2.00 bits per heavy atom. The summed E-state index contributed by atoms with van der Waals surface area (Å²) in [6, 6.07) is 13.2. The number of aryl methyl sites for hydroxylation is 1. The number of carbonyl (C=O) groups is 2. The van der Waals surface area contributed by atoms with Gasteiger partial charge in [0.1, 0.15) is 5.75 Å². The number of aromatic nitrogens is 2. The molecular weight excluding hydrogens is 372 g/mol. The number of nitrogens with zero attached hydrogens (tertiary/aromatic N) is 3. The minimum absolute atomic E-state index is 0.0107. The number of rotatable bonds is 5. The fourth-order valence-electron chi connectivity index (χ4n) is 3.09. The normalized spacial score (nSPS) is 13.0. The maximum absolute atomic E-state index is 12.3. The van der Waals surface area contributed by atoms with Crippen LogP contribution in [0.25, 0.3) is 11.4 Å². The van der Waals surface area contributed by atoms with E-state index >= 15 is 0 Å². The highest BCUT2D eigenvalue weighted by molar-refractivity contribution is 5.98. The van der Waals surface area contributed by atoms with Crippen LogP contribution in [0.5, 0.6) is 5.75 Å². The molecule has 8 nitrogen and oxygen atoms in total. The largest absolute Gasteiger partial charge is 0.482 e. The predicted molar refractivity (Wildman–Crippen MR) is 106 cm³/mol. The smallest absolute Gasteiger partial charge is 0.316 e. The molecule has 1 aliphatic heterocycles. The predicted octanol–water partition coefficient (Wildman–Crippen LogP) is 2.72. The molecule has 4 rings (SSSR count). The third-order valence-corrected chi connectivity index (χ3v) is 4.67. The van der Waals surface area contributed by atoms with Crippen molar-refractivity contribution in [2.75, 3.05) is 18.1 Å². The number of hydrogen-bond donors (Lipinski definition) is 1. The Labute approximate surface area is 167 Å². The minimum Gasteiger partial charge on any atom is -0.482 e. The lowest BCUT2D eigenvalue weighted by atomic mass is 10.1. The maximum Gasteiger partial charge on any atom is 0.316 e. The summed E-state index contributed by atoms with van der Waals surface area (Å²) in [7, 11) is 0. The van der Waals surface area contributed by atoms with Crippen molar-refractivity contribution in [2.24, 2.45) is 0 Å². The molecule has 0 radical (unpaired) electrons. The average Bonchev–Trinajstić information content (AvgIpc) is 3.23. The molecule has 8 heteroatoms. The van der Waals surface area contributed by atoms with Gasteiger partial charge in [-0.05, 0) is 37.6 Å². The molecule has 2 amide bonds. The highest BCUT2D eigenvalue weighted by Crippen LogP contribution is 2.35. The molecule has 0 spiro atoms. The molecule has 2 heterocycles. The van der Waals surface area contributed by atoms with Crippen LogP contribution in [0.15, 0.2) is 47.0 Å². The van der Waals surface area contributed by atoms with E-state index in [0.717, 1.165) is 11.1 Å². The summed E-state index contributed by atoms with van der Waals surface area (Å²) < 4.78 is 10.6. The summed E-state index contributed by atoms with van der Waals surface area (Å²) in [5, 5.41) is 6.66. The van der Waals surface area contributed by atoms with Crippen molar-refractivity contribution in [1.82, 2.24) is 15.5 Å². The first-order chi connectivity index (χ1) is 14.0. The minimum atomic E-state index is -0.443. The van der Waals surface area contributed by atoms with Gasteiger partial charge in [-0.1, -0.05) is 35.0 Å². The first-order valence-electron chi connectivity index (χ1n) is 9.30. The van der Waals surface area contributed by atoms with Crippen LogP contribution in [-0.4, -0.2) is 35.1 Å². The van der Waals surface area contributed by atoms with Gasteiger partial charge < -0.3 is 19.5 Å². The van der Waals surface area contributed by atoms with Gasteiger partial charge in [-0.2, -0.15) is 4.98 Å². The van der Waals surface area contributed by atoms with Gasteiger partial charge in [0.05, 0.1) is 5.69 Å². The van der Waals surface area contributed by atoms with Crippen LogP contribution in [0.1, 0.15) is 28.7 Å². The lowest BCUT2D eigenvalue weighted by Gasteiger charge is -2.28. The van der Waals surface area contributed by atoms with E-state index in [4.69, 9.17) is 9.26 Å². The Morgan fingerprint density at radius 1 is 1.21 bits per heavy atom. The second-order valence-corrected chi connectivity index (χ2v) is 6.70. The topological polar surface area (TPSA) is 97.6 Å². The highest BCUT2D eigenvalue weighted by atomic mass is 16.5. The number of nitrogens with one attached hydrogen (secondary N) is 1. The zero-order chi connectivity index (χ0) is 20.4. The van der Waals surface area contributed by atoms with Crippen LogP contribution < -0.4 is 15.0 Å². The third kappa shape index (κ3) is 3.82. The molecule has 29 heavy (non-hydrogen) atoms. The molecule has 2 aromatic carbocycles. The van der Waals surface area contributed by atoms with E-state index in [-0.39, 0.29) is 24.2 Å². The van der Waals surface area contributed by atoms with Crippen molar-refractivity contribution in [2.45, 2.75) is 20.4 Å². The summed E-state index contributed by atoms with van der Waals surface area (Å²) in [6.45, 7) is 4.82. The van der Waals surface area contributed by atoms with Crippen LogP contribution in [0.2, 0.25) is 0 Å². The molecule has 0 saturated heterocycles. The van der Waals surface area contributed by atoms with E-state index < -0.39 is 5.91 Å². The Balaban J connectivity index is 1.48. The molecular formula is C21H20N4O4. The number of carbonyl (C=O) groups excluding carboxylic acids is 2. The number of fused-ring (bicyclic) bond motifs is 1. The van der Waals surface area contributed by atoms with Gasteiger partial charge in [-0.25, -0.2) is 0 Å². The summed E-state index contributed by atoms with van der Waals surface area (Å²) in [5.41, 5.74) is 3.47. The second-order valence-electron chi connectivity index (χ2n) is 6.70. The number of anilines is 1. The summed E-state index contributed by atoms with van der Waals surface area (Å²) >= 11 is 0. The highest BCUT2D eigenvalue weighted by Gasteiger charge is 2.25. The Bertz CT molecular complexity index is 1060. The quantitative estimate of drug-likeness (QED) is 0.717. The zero-order valence-electron chi connectivity index (χ0n) is 16.1. The fourth-order valence-corrected chi connectivity index (χ4v) is 3.09. The summed E-state index contributed by atoms with van der Waals surface area (Å²) in [5.74, 6) is 0.202. The van der Waals surface area contributed by atoms with Gasteiger partial charge in [-0.15, -0.1) is 0 Å². The van der Waals surface area contributed by atoms with E-state index in [1.807, 2.05) is 38.1 Å². The number of ether oxygens (including phenoxy) is 1. The lowest BCUT2D eigenvalue weighted by Crippen LogP contribution is -2.38. The molecule has 1 aliphatic rings. The van der Waals surface area contributed by atoms with Gasteiger partial charge >= 0.3 is 11.8 Å². The first-order valence-corrected chi connectivity index (χ1v) is 9.30. The third-order valence-electron chi connectivity index (χ3n) is 4.67. The van der Waals surface area contributed by atoms with Crippen molar-refractivity contribution >= 4 is 17.5 Å². The molecule has 0 fully saturated rings. The monoisotopic (exact) mass is 392 g/mol. The van der Waals surface area contributed by atoms with Gasteiger partial charge in [0, 0.05) is 18.7 Å². The van der Waals surface area contributed by atoms with Crippen LogP contribution in [0.3, 0.4) is 0 Å². The van der Waals surface area contributed by atoms with Crippen LogP contribution >= 0.6 is 0 Å². The first kappa shape index (κ1) is 18.7. The van der Waals surface area contributed by atoms with Crippen molar-refractivity contribution in [3.63, 3.8) is 0 Å². The molecule has 0 saturated carbocycles. The molecule has 148 valence electrons. The van der Waals surface area contributed by atoms with Gasteiger partial charge in [0.15, 0.2) is 6.61 Å². The van der Waals surface area contributed by atoms with Gasteiger partial charge in [0.2, 0.25) is 5.82 Å². The number of benzene rings is 2. The summed E-state index contributed by atoms with van der Waals surface area (Å²) in [6.07, 6.45) is 0.